The molecule has 1 aromatic heterocycles. The number of nitrogens with one attached hydrogen (secondary N) is 1. The minimum atomic E-state index is -3.86. The highest BCUT2D eigenvalue weighted by Gasteiger charge is 2.25. The molecule has 0 spiro atoms. The summed E-state index contributed by atoms with van der Waals surface area (Å²) in [6, 6.07) is 6.08. The molecule has 0 aliphatic heterocycles. The zero-order valence-electron chi connectivity index (χ0n) is 14.9. The van der Waals surface area contributed by atoms with Crippen LogP contribution in [0.2, 0.25) is 0 Å². The van der Waals surface area contributed by atoms with Gasteiger partial charge in [0.1, 0.15) is 11.6 Å². The Balaban J connectivity index is 2.09. The summed E-state index contributed by atoms with van der Waals surface area (Å²) in [7, 11) is -1.24. The Hall–Kier alpha value is -2.72. The smallest absolute Gasteiger partial charge is 0.341 e. The highest BCUT2D eigenvalue weighted by atomic mass is 32.2. The van der Waals surface area contributed by atoms with Crippen LogP contribution in [0.15, 0.2) is 45.9 Å². The van der Waals surface area contributed by atoms with Crippen LogP contribution < -0.4 is 5.32 Å². The topological polar surface area (TPSA) is 106 Å². The largest absolute Gasteiger partial charge is 0.467 e. The van der Waals surface area contributed by atoms with Crippen LogP contribution in [0.25, 0.3) is 0 Å². The van der Waals surface area contributed by atoms with E-state index in [1.54, 1.807) is 12.1 Å². The van der Waals surface area contributed by atoms with E-state index >= 15 is 0 Å². The summed E-state index contributed by atoms with van der Waals surface area (Å²) in [5.41, 5.74) is -0.580. The number of nitrogens with zero attached hydrogens (tertiary/aromatic N) is 1. The van der Waals surface area contributed by atoms with Gasteiger partial charge in [-0.05, 0) is 37.3 Å². The predicted molar refractivity (Wildman–Crippen MR) is 92.7 cm³/mol. The van der Waals surface area contributed by atoms with Crippen LogP contribution in [0, 0.1) is 5.82 Å². The molecule has 27 heavy (non-hydrogen) atoms. The second-order valence-corrected chi connectivity index (χ2v) is 7.93. The Labute approximate surface area is 156 Å². The van der Waals surface area contributed by atoms with Gasteiger partial charge in [-0.3, -0.25) is 4.79 Å². The normalized spacial score (nSPS) is 12.6. The highest BCUT2D eigenvalue weighted by Crippen LogP contribution is 2.19. The van der Waals surface area contributed by atoms with E-state index in [-0.39, 0.29) is 11.4 Å². The van der Waals surface area contributed by atoms with Gasteiger partial charge in [0.05, 0.1) is 23.3 Å². The number of halogens is 1. The number of carbonyl (C=O) groups excluding carboxylic acids is 2. The van der Waals surface area contributed by atoms with Gasteiger partial charge >= 0.3 is 5.97 Å². The van der Waals surface area contributed by atoms with Crippen molar-refractivity contribution >= 4 is 21.9 Å². The Morgan fingerprint density at radius 2 is 2.00 bits per heavy atom. The molecule has 0 saturated heterocycles. The Bertz CT molecular complexity index is 925. The van der Waals surface area contributed by atoms with E-state index in [1.165, 1.54) is 27.3 Å². The van der Waals surface area contributed by atoms with E-state index in [0.717, 1.165) is 22.5 Å². The molecule has 0 saturated carbocycles. The maximum atomic E-state index is 14.0. The van der Waals surface area contributed by atoms with E-state index in [1.807, 2.05) is 0 Å². The number of benzene rings is 1. The number of rotatable bonds is 7. The number of furan rings is 1. The molecule has 10 heteroatoms. The van der Waals surface area contributed by atoms with Crippen molar-refractivity contribution in [3.63, 3.8) is 0 Å². The van der Waals surface area contributed by atoms with Crippen molar-refractivity contribution in [2.45, 2.75) is 24.5 Å². The van der Waals surface area contributed by atoms with Gasteiger partial charge in [0.25, 0.3) is 5.91 Å². The molecule has 0 radical (unpaired) electrons. The molecule has 0 unspecified atom stereocenters. The standard InChI is InChI=1S/C17H19FN2O6S/c1-11(16(21)19-10-12-5-4-8-25-12)26-17(22)14-9-13(6-7-15(14)18)27(23,24)20(2)3/h4-9,11H,10H2,1-3H3,(H,19,21)/t11-/m1/s1. The number of esters is 1. The fourth-order valence-corrected chi connectivity index (χ4v) is 2.97. The van der Waals surface area contributed by atoms with Gasteiger partial charge in [-0.25, -0.2) is 21.9 Å². The quantitative estimate of drug-likeness (QED) is 0.709. The van der Waals surface area contributed by atoms with Crippen LogP contribution in [0.5, 0.6) is 0 Å². The lowest BCUT2D eigenvalue weighted by Gasteiger charge is -2.15. The molecule has 0 bridgehead atoms. The van der Waals surface area contributed by atoms with Gasteiger partial charge in [0.2, 0.25) is 10.0 Å². The van der Waals surface area contributed by atoms with Crippen LogP contribution in [0.3, 0.4) is 0 Å². The first-order valence-corrected chi connectivity index (χ1v) is 9.30. The lowest BCUT2D eigenvalue weighted by atomic mass is 10.2. The van der Waals surface area contributed by atoms with E-state index in [4.69, 9.17) is 9.15 Å². The molecule has 2 rings (SSSR count). The van der Waals surface area contributed by atoms with Gasteiger partial charge in [0.15, 0.2) is 6.10 Å². The van der Waals surface area contributed by atoms with Gasteiger partial charge in [-0.1, -0.05) is 0 Å². The number of ether oxygens (including phenoxy) is 1. The van der Waals surface area contributed by atoms with Crippen LogP contribution >= 0.6 is 0 Å². The molecular formula is C17H19FN2O6S. The molecule has 146 valence electrons. The third-order valence-electron chi connectivity index (χ3n) is 3.61. The minimum absolute atomic E-state index is 0.0959. The van der Waals surface area contributed by atoms with Gasteiger partial charge in [-0.2, -0.15) is 0 Å². The molecule has 2 aromatic rings. The molecule has 1 aromatic carbocycles. The summed E-state index contributed by atoms with van der Waals surface area (Å²) in [5, 5.41) is 2.50. The van der Waals surface area contributed by atoms with Crippen LogP contribution in [0.1, 0.15) is 23.0 Å². The Morgan fingerprint density at radius 3 is 2.59 bits per heavy atom. The second-order valence-electron chi connectivity index (χ2n) is 5.77. The average molecular weight is 398 g/mol. The summed E-state index contributed by atoms with van der Waals surface area (Å²) in [6.07, 6.45) is 0.226. The number of hydrogen-bond acceptors (Lipinski definition) is 6. The van der Waals surface area contributed by atoms with Gasteiger partial charge < -0.3 is 14.5 Å². The summed E-state index contributed by atoms with van der Waals surface area (Å²) in [6.45, 7) is 1.41. The zero-order chi connectivity index (χ0) is 20.2. The second kappa shape index (κ2) is 8.31. The van der Waals surface area contributed by atoms with Crippen molar-refractivity contribution in [2.24, 2.45) is 0 Å². The average Bonchev–Trinajstić information content (AvgIpc) is 3.13. The zero-order valence-corrected chi connectivity index (χ0v) is 15.7. The lowest BCUT2D eigenvalue weighted by Crippen LogP contribution is -2.35. The first-order valence-electron chi connectivity index (χ1n) is 7.86. The van der Waals surface area contributed by atoms with E-state index in [9.17, 15) is 22.4 Å². The monoisotopic (exact) mass is 398 g/mol. The SMILES string of the molecule is C[C@@H](OC(=O)c1cc(S(=O)(=O)N(C)C)ccc1F)C(=O)NCc1ccco1. The molecule has 0 aliphatic rings. The minimum Gasteiger partial charge on any atom is -0.467 e. The van der Waals surface area contributed by atoms with Gasteiger partial charge in [0, 0.05) is 14.1 Å². The number of carbonyl (C=O) groups is 2. The maximum Gasteiger partial charge on any atom is 0.341 e. The summed E-state index contributed by atoms with van der Waals surface area (Å²) in [4.78, 5) is 23.9. The molecule has 8 nitrogen and oxygen atoms in total. The van der Waals surface area contributed by atoms with Crippen molar-refractivity contribution in [1.29, 1.82) is 0 Å². The van der Waals surface area contributed by atoms with Crippen LogP contribution in [-0.4, -0.2) is 44.8 Å². The molecule has 0 fully saturated rings. The van der Waals surface area contributed by atoms with E-state index in [0.29, 0.717) is 5.76 Å². The third kappa shape index (κ3) is 4.92. The molecule has 1 atom stereocenters. The van der Waals surface area contributed by atoms with E-state index < -0.39 is 39.4 Å². The first kappa shape index (κ1) is 20.6. The summed E-state index contributed by atoms with van der Waals surface area (Å²) >= 11 is 0. The highest BCUT2D eigenvalue weighted by molar-refractivity contribution is 7.89. The number of amides is 1. The summed E-state index contributed by atoms with van der Waals surface area (Å²) < 4.78 is 49.2. The fraction of sp³-hybridized carbons (Fsp3) is 0.294. The number of sulfonamides is 1. The van der Waals surface area contributed by atoms with Gasteiger partial charge in [-0.15, -0.1) is 0 Å². The van der Waals surface area contributed by atoms with Crippen LogP contribution in [-0.2, 0) is 26.1 Å². The van der Waals surface area contributed by atoms with Crippen molar-refractivity contribution in [2.75, 3.05) is 14.1 Å². The molecule has 0 aliphatic carbocycles. The third-order valence-corrected chi connectivity index (χ3v) is 5.42. The summed E-state index contributed by atoms with van der Waals surface area (Å²) in [5.74, 6) is -2.21. The van der Waals surface area contributed by atoms with Crippen molar-refractivity contribution in [3.05, 3.63) is 53.7 Å². The Kier molecular flexibility index (Phi) is 6.34. The van der Waals surface area contributed by atoms with Crippen molar-refractivity contribution in [3.8, 4) is 0 Å². The molecular weight excluding hydrogens is 379 g/mol. The van der Waals surface area contributed by atoms with Crippen molar-refractivity contribution in [1.82, 2.24) is 9.62 Å². The lowest BCUT2D eigenvalue weighted by molar-refractivity contribution is -0.129. The molecule has 1 amide bonds. The van der Waals surface area contributed by atoms with E-state index in [2.05, 4.69) is 5.32 Å². The maximum absolute atomic E-state index is 14.0. The fourth-order valence-electron chi connectivity index (χ4n) is 2.04. The van der Waals surface area contributed by atoms with Crippen molar-refractivity contribution < 1.29 is 31.6 Å². The number of hydrogen-bond donors (Lipinski definition) is 1. The predicted octanol–water partition coefficient (Wildman–Crippen LogP) is 1.53. The Morgan fingerprint density at radius 1 is 1.30 bits per heavy atom. The molecule has 1 heterocycles. The van der Waals surface area contributed by atoms with Crippen LogP contribution in [0.4, 0.5) is 4.39 Å². The first-order chi connectivity index (χ1) is 12.6. The molecule has 1 N–H and O–H groups in total.